The van der Waals surface area contributed by atoms with Crippen molar-refractivity contribution in [3.63, 3.8) is 0 Å². The smallest absolute Gasteiger partial charge is 0.456 e. The van der Waals surface area contributed by atoms with Gasteiger partial charge in [-0.15, -0.1) is 5.10 Å². The molecular weight excluding hydrogens is 345 g/mol. The maximum absolute atomic E-state index is 13.1. The van der Waals surface area contributed by atoms with E-state index in [1.54, 1.807) is 24.3 Å². The Morgan fingerprint density at radius 1 is 1.04 bits per heavy atom. The highest BCUT2D eigenvalue weighted by Crippen LogP contribution is 2.37. The summed E-state index contributed by atoms with van der Waals surface area (Å²) in [6.45, 7) is -1.79. The van der Waals surface area contributed by atoms with Crippen LogP contribution in [0.5, 0.6) is 5.75 Å². The van der Waals surface area contributed by atoms with Crippen LogP contribution in [-0.4, -0.2) is 30.3 Å². The fraction of sp³-hybridized carbons (Fsp3) is 0.250. The van der Waals surface area contributed by atoms with E-state index in [9.17, 15) is 22.0 Å². The highest BCUT2D eigenvalue weighted by molar-refractivity contribution is 6.28. The van der Waals surface area contributed by atoms with Crippen molar-refractivity contribution in [3.8, 4) is 5.75 Å². The highest BCUT2D eigenvalue weighted by Gasteiger charge is 2.58. The number of fused-ring (bicyclic) bond motifs is 1. The van der Waals surface area contributed by atoms with Crippen molar-refractivity contribution in [2.24, 2.45) is 15.9 Å². The van der Waals surface area contributed by atoms with E-state index in [0.29, 0.717) is 28.8 Å². The monoisotopic (exact) mass is 357 g/mol. The molecule has 0 saturated carbocycles. The number of hydrogen-bond donors (Lipinski definition) is 1. The van der Waals surface area contributed by atoms with Gasteiger partial charge < -0.3 is 10.5 Å². The minimum atomic E-state index is -5.67. The molecule has 0 radical (unpaired) electrons. The molecule has 0 bridgehead atoms. The van der Waals surface area contributed by atoms with Crippen LogP contribution >= 0.6 is 0 Å². The van der Waals surface area contributed by atoms with Crippen LogP contribution in [0, 0.1) is 0 Å². The molecule has 4 nitrogen and oxygen atoms in total. The van der Waals surface area contributed by atoms with Gasteiger partial charge in [0.15, 0.2) is 12.4 Å². The zero-order valence-electron chi connectivity index (χ0n) is 12.6. The van der Waals surface area contributed by atoms with Gasteiger partial charge in [0.2, 0.25) is 0 Å². The number of allylic oxidation sites excluding steroid dienone is 3. The van der Waals surface area contributed by atoms with Gasteiger partial charge in [-0.1, -0.05) is 24.3 Å². The number of amidine groups is 1. The molecule has 0 aromatic heterocycles. The molecule has 1 aliphatic carbocycles. The number of para-hydroxylation sites is 1. The van der Waals surface area contributed by atoms with Crippen molar-refractivity contribution in [1.82, 2.24) is 0 Å². The van der Waals surface area contributed by atoms with Gasteiger partial charge in [-0.05, 0) is 17.7 Å². The lowest BCUT2D eigenvalue weighted by Crippen LogP contribution is -2.41. The van der Waals surface area contributed by atoms with Crippen LogP contribution < -0.4 is 10.5 Å². The Morgan fingerprint density at radius 3 is 2.48 bits per heavy atom. The molecule has 3 rings (SSSR count). The van der Waals surface area contributed by atoms with Crippen molar-refractivity contribution in [1.29, 1.82) is 0 Å². The number of nitrogens with zero attached hydrogens (tertiary/aromatic N) is 2. The Bertz CT molecular complexity index is 821. The lowest BCUT2D eigenvalue weighted by atomic mass is 9.91. The van der Waals surface area contributed by atoms with Gasteiger partial charge in [0, 0.05) is 17.6 Å². The topological polar surface area (TPSA) is 60.0 Å². The molecule has 132 valence electrons. The summed E-state index contributed by atoms with van der Waals surface area (Å²) in [5.41, 5.74) is 7.99. The van der Waals surface area contributed by atoms with Gasteiger partial charge >= 0.3 is 12.1 Å². The molecule has 9 heteroatoms. The quantitative estimate of drug-likeness (QED) is 0.836. The van der Waals surface area contributed by atoms with E-state index in [4.69, 9.17) is 10.5 Å². The molecule has 0 unspecified atom stereocenters. The number of ether oxygens (including phenoxy) is 1. The Hall–Kier alpha value is -2.71. The normalized spacial score (nSPS) is 17.3. The molecule has 1 aliphatic heterocycles. The zero-order chi connectivity index (χ0) is 18.2. The number of halogens is 5. The molecule has 2 N–H and O–H groups in total. The summed E-state index contributed by atoms with van der Waals surface area (Å²) >= 11 is 0. The summed E-state index contributed by atoms with van der Waals surface area (Å²) in [5.74, 6) is -4.73. The van der Waals surface area contributed by atoms with Gasteiger partial charge in [0.25, 0.3) is 0 Å². The van der Waals surface area contributed by atoms with E-state index < -0.39 is 18.7 Å². The van der Waals surface area contributed by atoms with Crippen LogP contribution in [0.2, 0.25) is 0 Å². The molecule has 0 atom stereocenters. The zero-order valence-corrected chi connectivity index (χ0v) is 12.6. The largest absolute Gasteiger partial charge is 0.486 e. The molecule has 1 aromatic rings. The minimum absolute atomic E-state index is 0.0676. The summed E-state index contributed by atoms with van der Waals surface area (Å²) in [6, 6.07) is 6.03. The Labute approximate surface area is 139 Å². The predicted octanol–water partition coefficient (Wildman–Crippen LogP) is 3.70. The van der Waals surface area contributed by atoms with Crippen molar-refractivity contribution in [2.45, 2.75) is 18.5 Å². The van der Waals surface area contributed by atoms with Gasteiger partial charge in [-0.2, -0.15) is 27.1 Å². The molecule has 0 fully saturated rings. The minimum Gasteiger partial charge on any atom is -0.486 e. The summed E-state index contributed by atoms with van der Waals surface area (Å²) in [4.78, 5) is 0. The molecule has 0 saturated heterocycles. The Kier molecular flexibility index (Phi) is 4.09. The molecule has 0 amide bonds. The van der Waals surface area contributed by atoms with E-state index in [-0.39, 0.29) is 11.6 Å². The first-order chi connectivity index (χ1) is 11.7. The average Bonchev–Trinajstić information content (AvgIpc) is 2.93. The number of rotatable bonds is 4. The maximum atomic E-state index is 13.1. The lowest BCUT2D eigenvalue weighted by Gasteiger charge is -2.21. The van der Waals surface area contributed by atoms with Gasteiger partial charge in [-0.3, -0.25) is 0 Å². The first kappa shape index (κ1) is 17.1. The number of benzene rings is 1. The van der Waals surface area contributed by atoms with E-state index >= 15 is 0 Å². The van der Waals surface area contributed by atoms with Crippen molar-refractivity contribution < 1.29 is 26.7 Å². The van der Waals surface area contributed by atoms with E-state index in [1.807, 2.05) is 0 Å². The van der Waals surface area contributed by atoms with Crippen LogP contribution in [0.1, 0.15) is 12.0 Å². The fourth-order valence-electron chi connectivity index (χ4n) is 2.40. The van der Waals surface area contributed by atoms with Crippen LogP contribution in [0.15, 0.2) is 52.2 Å². The van der Waals surface area contributed by atoms with Crippen molar-refractivity contribution in [3.05, 3.63) is 47.6 Å². The molecule has 2 aliphatic rings. The third-order valence-electron chi connectivity index (χ3n) is 3.73. The first-order valence-electron chi connectivity index (χ1n) is 7.17. The molecule has 0 spiro atoms. The molecule has 1 heterocycles. The second-order valence-corrected chi connectivity index (χ2v) is 5.47. The second-order valence-electron chi connectivity index (χ2n) is 5.47. The summed E-state index contributed by atoms with van der Waals surface area (Å²) in [6.07, 6.45) is -2.00. The van der Waals surface area contributed by atoms with Gasteiger partial charge in [-0.25, -0.2) is 0 Å². The standard InChI is InChI=1S/C16H12F5N3O/c17-15(18,16(19,20)21)8-25-13-4-2-1-3-10(13)9-5-6-11-12(7-9)23-24-14(11)22/h1-6H,7-8H2,(H2,22,24). The van der Waals surface area contributed by atoms with Crippen LogP contribution in [0.4, 0.5) is 22.0 Å². The van der Waals surface area contributed by atoms with E-state index in [0.717, 1.165) is 0 Å². The average molecular weight is 357 g/mol. The maximum Gasteiger partial charge on any atom is 0.456 e. The van der Waals surface area contributed by atoms with E-state index in [2.05, 4.69) is 10.2 Å². The highest BCUT2D eigenvalue weighted by atomic mass is 19.4. The van der Waals surface area contributed by atoms with Gasteiger partial charge in [0.05, 0.1) is 5.71 Å². The third-order valence-corrected chi connectivity index (χ3v) is 3.73. The molecule has 25 heavy (non-hydrogen) atoms. The van der Waals surface area contributed by atoms with Gasteiger partial charge in [0.1, 0.15) is 5.75 Å². The number of hydrogen-bond acceptors (Lipinski definition) is 4. The fourth-order valence-corrected chi connectivity index (χ4v) is 2.40. The molecular formula is C16H12F5N3O. The third kappa shape index (κ3) is 3.26. The van der Waals surface area contributed by atoms with Crippen molar-refractivity contribution >= 4 is 17.1 Å². The summed E-state index contributed by atoms with van der Waals surface area (Å²) in [7, 11) is 0. The summed E-state index contributed by atoms with van der Waals surface area (Å²) < 4.78 is 67.8. The SMILES string of the molecule is NC1=NN=C2CC(c3ccccc3OCC(F)(F)C(F)(F)F)=CC=C12. The van der Waals surface area contributed by atoms with Crippen LogP contribution in [0.3, 0.4) is 0 Å². The van der Waals surface area contributed by atoms with Crippen LogP contribution in [0.25, 0.3) is 5.57 Å². The number of alkyl halides is 5. The van der Waals surface area contributed by atoms with Crippen LogP contribution in [-0.2, 0) is 0 Å². The Balaban J connectivity index is 1.84. The van der Waals surface area contributed by atoms with Crippen molar-refractivity contribution in [2.75, 3.05) is 6.61 Å². The predicted molar refractivity (Wildman–Crippen MR) is 82.7 cm³/mol. The second kappa shape index (κ2) is 5.98. The first-order valence-corrected chi connectivity index (χ1v) is 7.17. The lowest BCUT2D eigenvalue weighted by molar-refractivity contribution is -0.290. The molecule has 1 aromatic carbocycles. The Morgan fingerprint density at radius 2 is 1.76 bits per heavy atom. The summed E-state index contributed by atoms with van der Waals surface area (Å²) in [5, 5.41) is 7.67. The number of nitrogens with two attached hydrogens (primary N) is 1. The van der Waals surface area contributed by atoms with E-state index in [1.165, 1.54) is 12.1 Å².